The molecule has 4 heterocycles. The standard InChI is InChI=1S/C13H14N6O3/c20-5-9-8(21)4-10(22-9)18-7-16-11-12(18)14-6-15-13(11)19-3-1-2-17-19/h1-3,6-10,20-21H,4-5H2/t8-,9+,10+/m0/s1. The number of hydrogen-bond donors (Lipinski definition) is 2. The van der Waals surface area contributed by atoms with Crippen LogP contribution in [0.3, 0.4) is 0 Å². The van der Waals surface area contributed by atoms with Crippen LogP contribution in [0.4, 0.5) is 0 Å². The Bertz CT molecular complexity index is 786. The lowest BCUT2D eigenvalue weighted by Crippen LogP contribution is -2.24. The van der Waals surface area contributed by atoms with Gasteiger partial charge >= 0.3 is 0 Å². The van der Waals surface area contributed by atoms with Crippen LogP contribution in [0.5, 0.6) is 0 Å². The Morgan fingerprint density at radius 3 is 2.95 bits per heavy atom. The molecule has 3 atom stereocenters. The molecule has 3 aromatic heterocycles. The first-order chi connectivity index (χ1) is 10.8. The quantitative estimate of drug-likeness (QED) is 0.680. The fourth-order valence-electron chi connectivity index (χ4n) is 2.66. The van der Waals surface area contributed by atoms with Crippen molar-refractivity contribution in [2.45, 2.75) is 24.9 Å². The second kappa shape index (κ2) is 5.13. The number of aliphatic hydroxyl groups excluding tert-OH is 2. The Balaban J connectivity index is 1.77. The van der Waals surface area contributed by atoms with E-state index in [1.165, 1.54) is 6.33 Å². The van der Waals surface area contributed by atoms with Crippen molar-refractivity contribution in [1.29, 1.82) is 0 Å². The molecule has 0 spiro atoms. The van der Waals surface area contributed by atoms with Gasteiger partial charge in [-0.05, 0) is 6.07 Å². The van der Waals surface area contributed by atoms with Crippen LogP contribution in [0, 0.1) is 0 Å². The number of aliphatic hydroxyl groups is 2. The normalized spacial score (nSPS) is 25.1. The Labute approximate surface area is 124 Å². The van der Waals surface area contributed by atoms with Crippen LogP contribution in [-0.2, 0) is 4.74 Å². The van der Waals surface area contributed by atoms with Gasteiger partial charge in [-0.15, -0.1) is 0 Å². The predicted octanol–water partition coefficient (Wildman–Crippen LogP) is -0.347. The van der Waals surface area contributed by atoms with Crippen molar-refractivity contribution in [3.63, 3.8) is 0 Å². The van der Waals surface area contributed by atoms with Gasteiger partial charge in [0.05, 0.1) is 19.0 Å². The zero-order valence-corrected chi connectivity index (χ0v) is 11.5. The van der Waals surface area contributed by atoms with Gasteiger partial charge in [-0.25, -0.2) is 19.6 Å². The Morgan fingerprint density at radius 2 is 2.23 bits per heavy atom. The van der Waals surface area contributed by atoms with Crippen LogP contribution in [0.15, 0.2) is 31.1 Å². The van der Waals surface area contributed by atoms with Crippen molar-refractivity contribution in [2.24, 2.45) is 0 Å². The van der Waals surface area contributed by atoms with Crippen molar-refractivity contribution in [1.82, 2.24) is 29.3 Å². The molecule has 0 radical (unpaired) electrons. The van der Waals surface area contributed by atoms with Crippen molar-refractivity contribution in [3.05, 3.63) is 31.1 Å². The molecule has 0 aliphatic carbocycles. The van der Waals surface area contributed by atoms with Gasteiger partial charge < -0.3 is 14.9 Å². The van der Waals surface area contributed by atoms with Crippen molar-refractivity contribution in [3.8, 4) is 5.82 Å². The molecule has 9 nitrogen and oxygen atoms in total. The summed E-state index contributed by atoms with van der Waals surface area (Å²) in [5.74, 6) is 0.575. The summed E-state index contributed by atoms with van der Waals surface area (Å²) >= 11 is 0. The molecule has 1 aliphatic heterocycles. The summed E-state index contributed by atoms with van der Waals surface area (Å²) < 4.78 is 9.00. The minimum Gasteiger partial charge on any atom is -0.394 e. The molecule has 2 N–H and O–H groups in total. The highest BCUT2D eigenvalue weighted by molar-refractivity contribution is 5.78. The number of rotatable bonds is 3. The maximum Gasteiger partial charge on any atom is 0.184 e. The minimum absolute atomic E-state index is 0.224. The van der Waals surface area contributed by atoms with Gasteiger partial charge in [-0.1, -0.05) is 0 Å². The topological polar surface area (TPSA) is 111 Å². The van der Waals surface area contributed by atoms with E-state index in [-0.39, 0.29) is 6.61 Å². The van der Waals surface area contributed by atoms with Crippen molar-refractivity contribution < 1.29 is 14.9 Å². The molecule has 0 amide bonds. The third-order valence-electron chi connectivity index (χ3n) is 3.76. The third-order valence-corrected chi connectivity index (χ3v) is 3.76. The largest absolute Gasteiger partial charge is 0.394 e. The van der Waals surface area contributed by atoms with Gasteiger partial charge in [0.15, 0.2) is 17.0 Å². The van der Waals surface area contributed by atoms with E-state index in [0.29, 0.717) is 23.4 Å². The van der Waals surface area contributed by atoms with Crippen LogP contribution in [0.1, 0.15) is 12.6 Å². The first-order valence-electron chi connectivity index (χ1n) is 6.90. The summed E-state index contributed by atoms with van der Waals surface area (Å²) in [6.45, 7) is -0.224. The number of ether oxygens (including phenoxy) is 1. The molecule has 0 aromatic carbocycles. The van der Waals surface area contributed by atoms with E-state index in [1.54, 1.807) is 34.0 Å². The highest BCUT2D eigenvalue weighted by Gasteiger charge is 2.35. The number of fused-ring (bicyclic) bond motifs is 1. The number of hydrogen-bond acceptors (Lipinski definition) is 7. The SMILES string of the molecule is OC[C@H]1O[C@@H](n2cnc3c(-n4cccn4)ncnc32)C[C@@H]1O. The van der Waals surface area contributed by atoms with E-state index in [0.717, 1.165) is 0 Å². The summed E-state index contributed by atoms with van der Waals surface area (Å²) in [5, 5.41) is 23.2. The van der Waals surface area contributed by atoms with Gasteiger partial charge in [0, 0.05) is 18.8 Å². The second-order valence-corrected chi connectivity index (χ2v) is 5.09. The average Bonchev–Trinajstić information content (AvgIpc) is 3.25. The van der Waals surface area contributed by atoms with Crippen LogP contribution in [0.25, 0.3) is 17.0 Å². The van der Waals surface area contributed by atoms with E-state index in [2.05, 4.69) is 20.1 Å². The maximum atomic E-state index is 9.87. The van der Waals surface area contributed by atoms with E-state index in [4.69, 9.17) is 4.74 Å². The van der Waals surface area contributed by atoms with Gasteiger partial charge in [-0.3, -0.25) is 4.57 Å². The average molecular weight is 302 g/mol. The fourth-order valence-corrected chi connectivity index (χ4v) is 2.66. The summed E-state index contributed by atoms with van der Waals surface area (Å²) in [5.41, 5.74) is 1.19. The summed E-state index contributed by atoms with van der Waals surface area (Å²) in [4.78, 5) is 12.8. The van der Waals surface area contributed by atoms with E-state index < -0.39 is 18.4 Å². The minimum atomic E-state index is -0.708. The Kier molecular flexibility index (Phi) is 3.10. The molecular formula is C13H14N6O3. The fraction of sp³-hybridized carbons (Fsp3) is 0.385. The van der Waals surface area contributed by atoms with Gasteiger partial charge in [-0.2, -0.15) is 5.10 Å². The zero-order chi connectivity index (χ0) is 15.1. The zero-order valence-electron chi connectivity index (χ0n) is 11.5. The van der Waals surface area contributed by atoms with Crippen LogP contribution in [-0.4, -0.2) is 58.3 Å². The number of imidazole rings is 1. The Hall–Kier alpha value is -2.36. The lowest BCUT2D eigenvalue weighted by atomic mass is 10.2. The molecule has 114 valence electrons. The summed E-state index contributed by atoms with van der Waals surface area (Å²) in [7, 11) is 0. The van der Waals surface area contributed by atoms with Gasteiger partial charge in [0.25, 0.3) is 0 Å². The monoisotopic (exact) mass is 302 g/mol. The smallest absolute Gasteiger partial charge is 0.184 e. The first-order valence-corrected chi connectivity index (χ1v) is 6.90. The second-order valence-electron chi connectivity index (χ2n) is 5.09. The molecule has 3 aromatic rings. The Morgan fingerprint density at radius 1 is 1.32 bits per heavy atom. The van der Waals surface area contributed by atoms with E-state index in [1.807, 2.05) is 0 Å². The number of aromatic nitrogens is 6. The highest BCUT2D eigenvalue weighted by atomic mass is 16.5. The van der Waals surface area contributed by atoms with Gasteiger partial charge in [0.2, 0.25) is 0 Å². The van der Waals surface area contributed by atoms with Crippen LogP contribution in [0.2, 0.25) is 0 Å². The molecule has 1 fully saturated rings. The van der Waals surface area contributed by atoms with E-state index in [9.17, 15) is 10.2 Å². The predicted molar refractivity (Wildman–Crippen MR) is 74.1 cm³/mol. The van der Waals surface area contributed by atoms with Crippen molar-refractivity contribution in [2.75, 3.05) is 6.61 Å². The maximum absolute atomic E-state index is 9.87. The highest BCUT2D eigenvalue weighted by Crippen LogP contribution is 2.31. The van der Waals surface area contributed by atoms with E-state index >= 15 is 0 Å². The number of nitrogens with zero attached hydrogens (tertiary/aromatic N) is 6. The van der Waals surface area contributed by atoms with Gasteiger partial charge in [0.1, 0.15) is 18.7 Å². The van der Waals surface area contributed by atoms with Crippen molar-refractivity contribution >= 4 is 11.2 Å². The third kappa shape index (κ3) is 1.98. The summed E-state index contributed by atoms with van der Waals surface area (Å²) in [6, 6.07) is 1.80. The first kappa shape index (κ1) is 13.3. The molecule has 1 aliphatic rings. The molecule has 22 heavy (non-hydrogen) atoms. The molecule has 9 heteroatoms. The molecule has 4 rings (SSSR count). The van der Waals surface area contributed by atoms with Crippen LogP contribution < -0.4 is 0 Å². The molecular weight excluding hydrogens is 288 g/mol. The van der Waals surface area contributed by atoms with Crippen LogP contribution >= 0.6 is 0 Å². The summed E-state index contributed by atoms with van der Waals surface area (Å²) in [6.07, 6.45) is 5.13. The lowest BCUT2D eigenvalue weighted by molar-refractivity contribution is -0.0432. The lowest BCUT2D eigenvalue weighted by Gasteiger charge is -2.13. The molecule has 0 unspecified atom stereocenters. The molecule has 0 bridgehead atoms. The molecule has 1 saturated heterocycles. The molecule has 0 saturated carbocycles.